The van der Waals surface area contributed by atoms with E-state index >= 15 is 0 Å². The van der Waals surface area contributed by atoms with Crippen LogP contribution >= 0.6 is 0 Å². The first kappa shape index (κ1) is 12.1. The van der Waals surface area contributed by atoms with Crippen molar-refractivity contribution < 1.29 is 15.0 Å². The van der Waals surface area contributed by atoms with Gasteiger partial charge in [0.1, 0.15) is 0 Å². The molecule has 0 spiro atoms. The molecule has 4 N–H and O–H groups in total. The number of carbonyl (C=O) groups is 1. The van der Waals surface area contributed by atoms with Crippen molar-refractivity contribution in [1.29, 1.82) is 0 Å². The number of primary amides is 1. The van der Waals surface area contributed by atoms with E-state index in [1.165, 1.54) is 12.8 Å². The molecule has 0 radical (unpaired) electrons. The highest BCUT2D eigenvalue weighted by atomic mass is 16.3. The van der Waals surface area contributed by atoms with E-state index in [0.29, 0.717) is 17.0 Å². The van der Waals surface area contributed by atoms with Crippen LogP contribution in [0.5, 0.6) is 0 Å². The minimum atomic E-state index is -0.532. The average Bonchev–Trinajstić information content (AvgIpc) is 3.12. The Labute approximate surface area is 100 Å². The molecule has 92 valence electrons. The van der Waals surface area contributed by atoms with Gasteiger partial charge < -0.3 is 15.9 Å². The Morgan fingerprint density at radius 3 is 2.41 bits per heavy atom. The van der Waals surface area contributed by atoms with E-state index in [1.54, 1.807) is 12.1 Å². The maximum Gasteiger partial charge on any atom is 0.249 e. The van der Waals surface area contributed by atoms with Crippen molar-refractivity contribution in [2.75, 3.05) is 0 Å². The van der Waals surface area contributed by atoms with Crippen LogP contribution in [0.25, 0.3) is 0 Å². The lowest BCUT2D eigenvalue weighted by atomic mass is 9.92. The highest BCUT2D eigenvalue weighted by Gasteiger charge is 2.25. The quantitative estimate of drug-likeness (QED) is 0.703. The van der Waals surface area contributed by atoms with E-state index in [4.69, 9.17) is 5.73 Å². The van der Waals surface area contributed by atoms with E-state index in [2.05, 4.69) is 0 Å². The van der Waals surface area contributed by atoms with Crippen LogP contribution in [0.1, 0.15) is 39.9 Å². The summed E-state index contributed by atoms with van der Waals surface area (Å²) < 4.78 is 0. The zero-order valence-electron chi connectivity index (χ0n) is 9.65. The summed E-state index contributed by atoms with van der Waals surface area (Å²) in [6.45, 7) is -0.289. The summed E-state index contributed by atoms with van der Waals surface area (Å²) in [5, 5.41) is 18.7. The summed E-state index contributed by atoms with van der Waals surface area (Å²) in [7, 11) is 0. The van der Waals surface area contributed by atoms with Crippen molar-refractivity contribution in [3.8, 4) is 0 Å². The number of aliphatic hydroxyl groups excluding tert-OH is 2. The second kappa shape index (κ2) is 4.85. The molecule has 0 aromatic heterocycles. The molecule has 0 aliphatic heterocycles. The van der Waals surface area contributed by atoms with E-state index in [-0.39, 0.29) is 13.2 Å². The van der Waals surface area contributed by atoms with Gasteiger partial charge in [0.05, 0.1) is 13.2 Å². The van der Waals surface area contributed by atoms with Crippen molar-refractivity contribution in [2.45, 2.75) is 32.5 Å². The Hall–Kier alpha value is -1.39. The summed E-state index contributed by atoms with van der Waals surface area (Å²) in [5.74, 6) is 0.0873. The molecule has 2 rings (SSSR count). The minimum absolute atomic E-state index is 0.0753. The van der Waals surface area contributed by atoms with Crippen LogP contribution in [0, 0.1) is 5.92 Å². The maximum absolute atomic E-state index is 11.3. The molecular weight excluding hydrogens is 218 g/mol. The van der Waals surface area contributed by atoms with Crippen molar-refractivity contribution in [1.82, 2.24) is 0 Å². The zero-order chi connectivity index (χ0) is 12.4. The molecule has 0 saturated heterocycles. The molecule has 1 aromatic rings. The third kappa shape index (κ3) is 2.48. The Kier molecular flexibility index (Phi) is 3.45. The van der Waals surface area contributed by atoms with Crippen LogP contribution in [0.3, 0.4) is 0 Å². The van der Waals surface area contributed by atoms with Gasteiger partial charge in [-0.2, -0.15) is 0 Å². The third-order valence-electron chi connectivity index (χ3n) is 3.31. The maximum atomic E-state index is 11.3. The van der Waals surface area contributed by atoms with Crippen LogP contribution in [0.15, 0.2) is 12.1 Å². The highest BCUT2D eigenvalue weighted by Crippen LogP contribution is 2.35. The molecule has 1 fully saturated rings. The number of nitrogens with two attached hydrogens (primary N) is 1. The second-order valence-corrected chi connectivity index (χ2v) is 4.56. The van der Waals surface area contributed by atoms with Gasteiger partial charge in [0.2, 0.25) is 5.91 Å². The number of hydrogen-bond donors (Lipinski definition) is 3. The second-order valence-electron chi connectivity index (χ2n) is 4.56. The number of benzene rings is 1. The molecule has 1 amide bonds. The van der Waals surface area contributed by atoms with Gasteiger partial charge in [-0.15, -0.1) is 0 Å². The fourth-order valence-corrected chi connectivity index (χ4v) is 2.17. The van der Waals surface area contributed by atoms with Crippen LogP contribution in [0.2, 0.25) is 0 Å². The number of hydrogen-bond acceptors (Lipinski definition) is 3. The van der Waals surface area contributed by atoms with E-state index in [9.17, 15) is 15.0 Å². The molecule has 0 unspecified atom stereocenters. The first-order valence-electron chi connectivity index (χ1n) is 5.82. The van der Waals surface area contributed by atoms with Gasteiger partial charge in [-0.05, 0) is 47.9 Å². The Bertz CT molecular complexity index is 439. The fraction of sp³-hybridized carbons (Fsp3) is 0.462. The van der Waals surface area contributed by atoms with E-state index in [0.717, 1.165) is 17.5 Å². The molecule has 0 bridgehead atoms. The van der Waals surface area contributed by atoms with Gasteiger partial charge in [0, 0.05) is 5.56 Å². The summed E-state index contributed by atoms with van der Waals surface area (Å²) in [4.78, 5) is 11.3. The normalized spacial score (nSPS) is 14.9. The van der Waals surface area contributed by atoms with Gasteiger partial charge in [0.25, 0.3) is 0 Å². The first-order chi connectivity index (χ1) is 8.17. The number of rotatable bonds is 5. The Morgan fingerprint density at radius 2 is 1.94 bits per heavy atom. The summed E-state index contributed by atoms with van der Waals surface area (Å²) in [6.07, 6.45) is 3.17. The summed E-state index contributed by atoms with van der Waals surface area (Å²) in [6, 6.07) is 3.30. The fourth-order valence-electron chi connectivity index (χ4n) is 2.17. The van der Waals surface area contributed by atoms with Gasteiger partial charge in [-0.1, -0.05) is 6.07 Å². The largest absolute Gasteiger partial charge is 0.392 e. The third-order valence-corrected chi connectivity index (χ3v) is 3.31. The SMILES string of the molecule is NC(=O)c1ccc(CO)c(CC2CC2)c1CO. The molecule has 4 nitrogen and oxygen atoms in total. The molecular formula is C13H17NO3. The van der Waals surface area contributed by atoms with Crippen molar-refractivity contribution in [3.05, 3.63) is 34.4 Å². The van der Waals surface area contributed by atoms with Crippen molar-refractivity contribution >= 4 is 5.91 Å². The lowest BCUT2D eigenvalue weighted by Crippen LogP contribution is -2.16. The predicted octanol–water partition coefficient (Wildman–Crippen LogP) is 0.723. The summed E-state index contributed by atoms with van der Waals surface area (Å²) >= 11 is 0. The lowest BCUT2D eigenvalue weighted by Gasteiger charge is -2.15. The Morgan fingerprint density at radius 1 is 1.24 bits per heavy atom. The van der Waals surface area contributed by atoms with Gasteiger partial charge in [0.15, 0.2) is 0 Å². The minimum Gasteiger partial charge on any atom is -0.392 e. The zero-order valence-corrected chi connectivity index (χ0v) is 9.65. The van der Waals surface area contributed by atoms with Gasteiger partial charge >= 0.3 is 0 Å². The highest BCUT2D eigenvalue weighted by molar-refractivity contribution is 5.94. The standard InChI is InChI=1S/C13H17NO3/c14-13(17)10-4-3-9(6-15)11(12(10)7-16)5-8-1-2-8/h3-4,8,15-16H,1-2,5-7H2,(H2,14,17). The van der Waals surface area contributed by atoms with Crippen LogP contribution < -0.4 is 5.73 Å². The van der Waals surface area contributed by atoms with Crippen LogP contribution in [-0.4, -0.2) is 16.1 Å². The van der Waals surface area contributed by atoms with Gasteiger partial charge in [-0.3, -0.25) is 4.79 Å². The van der Waals surface area contributed by atoms with Crippen molar-refractivity contribution in [2.24, 2.45) is 11.7 Å². The lowest BCUT2D eigenvalue weighted by molar-refractivity contribution is 0.0997. The van der Waals surface area contributed by atoms with Crippen LogP contribution in [-0.2, 0) is 19.6 Å². The van der Waals surface area contributed by atoms with E-state index < -0.39 is 5.91 Å². The molecule has 0 atom stereocenters. The molecule has 1 saturated carbocycles. The van der Waals surface area contributed by atoms with E-state index in [1.807, 2.05) is 0 Å². The molecule has 1 aliphatic carbocycles. The van der Waals surface area contributed by atoms with Crippen molar-refractivity contribution in [3.63, 3.8) is 0 Å². The monoisotopic (exact) mass is 235 g/mol. The molecule has 4 heteroatoms. The number of amides is 1. The molecule has 1 aliphatic rings. The van der Waals surface area contributed by atoms with Crippen LogP contribution in [0.4, 0.5) is 0 Å². The smallest absolute Gasteiger partial charge is 0.249 e. The average molecular weight is 235 g/mol. The number of carbonyl (C=O) groups excluding carboxylic acids is 1. The Balaban J connectivity index is 2.47. The summed E-state index contributed by atoms with van der Waals surface area (Å²) in [5.41, 5.74) is 7.91. The molecule has 0 heterocycles. The van der Waals surface area contributed by atoms with Gasteiger partial charge in [-0.25, -0.2) is 0 Å². The molecule has 17 heavy (non-hydrogen) atoms. The molecule has 1 aromatic carbocycles. The topological polar surface area (TPSA) is 83.6 Å². The first-order valence-corrected chi connectivity index (χ1v) is 5.82. The number of aliphatic hydroxyl groups is 2. The predicted molar refractivity (Wildman–Crippen MR) is 63.2 cm³/mol.